The second-order valence-corrected chi connectivity index (χ2v) is 8.77. The highest BCUT2D eigenvalue weighted by Crippen LogP contribution is 2.34. The van der Waals surface area contributed by atoms with Crippen molar-refractivity contribution in [3.63, 3.8) is 0 Å². The second kappa shape index (κ2) is 8.83. The SMILES string of the molecule is Cc1cc(C(=O)Nc2ccc(C(=O)O)cc2)n(Cc2csc(C3CCCCC3)n2)c1. The molecule has 30 heavy (non-hydrogen) atoms. The van der Waals surface area contributed by atoms with Crippen LogP contribution < -0.4 is 5.32 Å². The van der Waals surface area contributed by atoms with Gasteiger partial charge in [-0.05, 0) is 55.7 Å². The summed E-state index contributed by atoms with van der Waals surface area (Å²) >= 11 is 1.73. The number of aryl methyl sites for hydroxylation is 1. The molecule has 0 spiro atoms. The van der Waals surface area contributed by atoms with E-state index < -0.39 is 5.97 Å². The number of rotatable bonds is 6. The Hall–Kier alpha value is -2.93. The lowest BCUT2D eigenvalue weighted by Crippen LogP contribution is -2.17. The zero-order valence-corrected chi connectivity index (χ0v) is 17.7. The van der Waals surface area contributed by atoms with Crippen LogP contribution in [0.4, 0.5) is 5.69 Å². The quantitative estimate of drug-likeness (QED) is 0.563. The van der Waals surface area contributed by atoms with Crippen LogP contribution in [0.3, 0.4) is 0 Å². The van der Waals surface area contributed by atoms with Gasteiger partial charge in [0.1, 0.15) is 5.69 Å². The van der Waals surface area contributed by atoms with Gasteiger partial charge in [0.15, 0.2) is 0 Å². The van der Waals surface area contributed by atoms with Crippen LogP contribution >= 0.6 is 11.3 Å². The summed E-state index contributed by atoms with van der Waals surface area (Å²) in [5.74, 6) is -0.636. The number of hydrogen-bond acceptors (Lipinski definition) is 4. The van der Waals surface area contributed by atoms with E-state index in [2.05, 4.69) is 10.7 Å². The zero-order chi connectivity index (χ0) is 21.1. The predicted octanol–water partition coefficient (Wildman–Crippen LogP) is 5.30. The molecular weight excluding hydrogens is 398 g/mol. The predicted molar refractivity (Wildman–Crippen MR) is 118 cm³/mol. The third-order valence-corrected chi connectivity index (χ3v) is 6.57. The third-order valence-electron chi connectivity index (χ3n) is 5.51. The van der Waals surface area contributed by atoms with Crippen LogP contribution in [0, 0.1) is 6.92 Å². The number of nitrogens with zero attached hydrogens (tertiary/aromatic N) is 2. The number of carbonyl (C=O) groups is 2. The van der Waals surface area contributed by atoms with Gasteiger partial charge in [0.05, 0.1) is 22.8 Å². The van der Waals surface area contributed by atoms with Crippen LogP contribution in [0.15, 0.2) is 41.9 Å². The van der Waals surface area contributed by atoms with E-state index in [1.807, 2.05) is 23.8 Å². The van der Waals surface area contributed by atoms with Gasteiger partial charge in [-0.2, -0.15) is 0 Å². The molecule has 1 aliphatic rings. The van der Waals surface area contributed by atoms with Crippen molar-refractivity contribution in [2.45, 2.75) is 51.5 Å². The monoisotopic (exact) mass is 423 g/mol. The number of aromatic carboxylic acids is 1. The van der Waals surface area contributed by atoms with E-state index in [0.717, 1.165) is 11.3 Å². The second-order valence-electron chi connectivity index (χ2n) is 7.88. The van der Waals surface area contributed by atoms with Crippen molar-refractivity contribution in [3.05, 3.63) is 69.4 Å². The Bertz CT molecular complexity index is 1050. The van der Waals surface area contributed by atoms with Gasteiger partial charge in [-0.3, -0.25) is 4.79 Å². The minimum Gasteiger partial charge on any atom is -0.478 e. The highest BCUT2D eigenvalue weighted by Gasteiger charge is 2.20. The molecule has 0 saturated heterocycles. The molecule has 4 rings (SSSR count). The van der Waals surface area contributed by atoms with Crippen LogP contribution in [0.2, 0.25) is 0 Å². The number of carbonyl (C=O) groups excluding carboxylic acids is 1. The summed E-state index contributed by atoms with van der Waals surface area (Å²) in [6, 6.07) is 8.00. The number of carboxylic acids is 1. The largest absolute Gasteiger partial charge is 0.478 e. The first-order valence-corrected chi connectivity index (χ1v) is 11.1. The van der Waals surface area contributed by atoms with E-state index in [0.29, 0.717) is 23.8 Å². The number of thiazole rings is 1. The van der Waals surface area contributed by atoms with E-state index in [-0.39, 0.29) is 11.5 Å². The Balaban J connectivity index is 1.47. The lowest BCUT2D eigenvalue weighted by Gasteiger charge is -2.18. The first-order valence-electron chi connectivity index (χ1n) is 10.3. The van der Waals surface area contributed by atoms with Crippen molar-refractivity contribution in [1.29, 1.82) is 0 Å². The van der Waals surface area contributed by atoms with Crippen molar-refractivity contribution in [2.75, 3.05) is 5.32 Å². The van der Waals surface area contributed by atoms with Crippen LogP contribution in [0.1, 0.15) is 75.1 Å². The van der Waals surface area contributed by atoms with Gasteiger partial charge in [-0.25, -0.2) is 9.78 Å². The van der Waals surface area contributed by atoms with Gasteiger partial charge in [0, 0.05) is 23.2 Å². The normalized spacial score (nSPS) is 14.6. The number of hydrogen-bond donors (Lipinski definition) is 2. The Morgan fingerprint density at radius 1 is 1.20 bits per heavy atom. The van der Waals surface area contributed by atoms with Crippen molar-refractivity contribution in [1.82, 2.24) is 9.55 Å². The molecule has 1 amide bonds. The summed E-state index contributed by atoms with van der Waals surface area (Å²) in [5.41, 5.74) is 3.29. The molecule has 0 unspecified atom stereocenters. The first kappa shape index (κ1) is 20.3. The molecule has 3 aromatic rings. The van der Waals surface area contributed by atoms with Crippen LogP contribution in [0.5, 0.6) is 0 Å². The molecule has 6 nitrogen and oxygen atoms in total. The van der Waals surface area contributed by atoms with Crippen molar-refractivity contribution >= 4 is 28.9 Å². The lowest BCUT2D eigenvalue weighted by atomic mass is 9.90. The van der Waals surface area contributed by atoms with Crippen LogP contribution in [-0.2, 0) is 6.54 Å². The average Bonchev–Trinajstić information content (AvgIpc) is 3.36. The molecular formula is C23H25N3O3S. The number of aromatic nitrogens is 2. The highest BCUT2D eigenvalue weighted by molar-refractivity contribution is 7.09. The molecule has 2 aromatic heterocycles. The molecule has 156 valence electrons. The number of amides is 1. The smallest absolute Gasteiger partial charge is 0.335 e. The molecule has 1 aliphatic carbocycles. The number of carboxylic acid groups (broad SMARTS) is 1. The fourth-order valence-electron chi connectivity index (χ4n) is 3.98. The van der Waals surface area contributed by atoms with Gasteiger partial charge >= 0.3 is 5.97 Å². The van der Waals surface area contributed by atoms with E-state index in [1.165, 1.54) is 49.2 Å². The first-order chi connectivity index (χ1) is 14.5. The maximum Gasteiger partial charge on any atom is 0.335 e. The Morgan fingerprint density at radius 3 is 2.63 bits per heavy atom. The van der Waals surface area contributed by atoms with E-state index in [4.69, 9.17) is 10.1 Å². The minimum atomic E-state index is -0.992. The summed E-state index contributed by atoms with van der Waals surface area (Å²) in [5, 5.41) is 15.2. The molecule has 0 atom stereocenters. The maximum absolute atomic E-state index is 12.8. The molecule has 1 aromatic carbocycles. The van der Waals surface area contributed by atoms with E-state index in [1.54, 1.807) is 23.5 Å². The van der Waals surface area contributed by atoms with Crippen LogP contribution in [0.25, 0.3) is 0 Å². The Labute approximate surface area is 179 Å². The van der Waals surface area contributed by atoms with Gasteiger partial charge in [-0.15, -0.1) is 11.3 Å². The van der Waals surface area contributed by atoms with Gasteiger partial charge in [0.25, 0.3) is 5.91 Å². The average molecular weight is 424 g/mol. The van der Waals surface area contributed by atoms with E-state index >= 15 is 0 Å². The summed E-state index contributed by atoms with van der Waals surface area (Å²) in [4.78, 5) is 28.7. The fourth-order valence-corrected chi connectivity index (χ4v) is 4.96. The molecule has 0 bridgehead atoms. The summed E-state index contributed by atoms with van der Waals surface area (Å²) < 4.78 is 1.93. The summed E-state index contributed by atoms with van der Waals surface area (Å²) in [6.45, 7) is 2.52. The van der Waals surface area contributed by atoms with Gasteiger partial charge in [0.2, 0.25) is 0 Å². The van der Waals surface area contributed by atoms with Gasteiger partial charge in [-0.1, -0.05) is 19.3 Å². The molecule has 0 radical (unpaired) electrons. The molecule has 1 saturated carbocycles. The summed E-state index contributed by atoms with van der Waals surface area (Å²) in [7, 11) is 0. The Morgan fingerprint density at radius 2 is 1.93 bits per heavy atom. The molecule has 0 aliphatic heterocycles. The maximum atomic E-state index is 12.8. The number of nitrogens with one attached hydrogen (secondary N) is 1. The number of anilines is 1. The summed E-state index contributed by atoms with van der Waals surface area (Å²) in [6.07, 6.45) is 8.31. The van der Waals surface area contributed by atoms with E-state index in [9.17, 15) is 9.59 Å². The van der Waals surface area contributed by atoms with Crippen LogP contribution in [-0.4, -0.2) is 26.5 Å². The van der Waals surface area contributed by atoms with Crippen molar-refractivity contribution < 1.29 is 14.7 Å². The lowest BCUT2D eigenvalue weighted by molar-refractivity contribution is 0.0696. The highest BCUT2D eigenvalue weighted by atomic mass is 32.1. The Kier molecular flexibility index (Phi) is 5.99. The molecule has 2 heterocycles. The van der Waals surface area contributed by atoms with Gasteiger partial charge < -0.3 is 15.0 Å². The molecule has 1 fully saturated rings. The standard InChI is InChI=1S/C23H25N3O3S/c1-15-11-20(21(27)24-18-9-7-17(8-10-18)23(28)29)26(12-15)13-19-14-30-22(25-19)16-5-3-2-4-6-16/h7-12,14,16H,2-6,13H2,1H3,(H,24,27)(H,28,29). The number of benzene rings is 1. The fraction of sp³-hybridized carbons (Fsp3) is 0.348. The zero-order valence-electron chi connectivity index (χ0n) is 16.9. The van der Waals surface area contributed by atoms with Crippen molar-refractivity contribution in [2.24, 2.45) is 0 Å². The van der Waals surface area contributed by atoms with Crippen molar-refractivity contribution in [3.8, 4) is 0 Å². The molecule has 7 heteroatoms. The third kappa shape index (κ3) is 4.62. The minimum absolute atomic E-state index is 0.185. The molecule has 2 N–H and O–H groups in total. The topological polar surface area (TPSA) is 84.2 Å².